The molecular formula is C19H17N7O3S3. The largest absolute Gasteiger partial charge is 0.491 e. The highest BCUT2D eigenvalue weighted by Gasteiger charge is 2.18. The number of nitrogens with one attached hydrogen (secondary N) is 2. The molecule has 0 aliphatic rings. The van der Waals surface area contributed by atoms with Crippen LogP contribution in [0.25, 0.3) is 0 Å². The quantitative estimate of drug-likeness (QED) is 0.322. The number of rotatable bonds is 9. The number of hydrogen-bond donors (Lipinski definition) is 3. The summed E-state index contributed by atoms with van der Waals surface area (Å²) in [6.07, 6.45) is 1.48. The van der Waals surface area contributed by atoms with Crippen molar-refractivity contribution >= 4 is 46.1 Å². The van der Waals surface area contributed by atoms with Crippen LogP contribution in [0.4, 0.5) is 5.13 Å². The van der Waals surface area contributed by atoms with E-state index in [1.165, 1.54) is 29.9 Å². The van der Waals surface area contributed by atoms with Crippen LogP contribution in [0, 0.1) is 6.92 Å². The predicted octanol–water partition coefficient (Wildman–Crippen LogP) is 3.29. The number of aryl methyl sites for hydroxylation is 1. The lowest BCUT2D eigenvalue weighted by molar-refractivity contribution is 0.101. The minimum absolute atomic E-state index is 0.0484. The van der Waals surface area contributed by atoms with E-state index in [0.29, 0.717) is 31.8 Å². The number of aromatic nitrogens is 6. The van der Waals surface area contributed by atoms with Gasteiger partial charge in [0.1, 0.15) is 35.2 Å². The van der Waals surface area contributed by atoms with E-state index in [2.05, 4.69) is 34.8 Å². The van der Waals surface area contributed by atoms with Gasteiger partial charge in [-0.15, -0.1) is 10.2 Å². The summed E-state index contributed by atoms with van der Waals surface area (Å²) in [4.78, 5) is 26.2. The minimum Gasteiger partial charge on any atom is -0.491 e. The molecule has 4 rings (SSSR count). The molecule has 1 aromatic carbocycles. The molecule has 3 N–H and O–H groups in total. The zero-order chi connectivity index (χ0) is 22.3. The maximum Gasteiger partial charge on any atom is 0.277 e. The number of ether oxygens (including phenoxy) is 1. The molecule has 0 atom stereocenters. The lowest BCUT2D eigenvalue weighted by atomic mass is 10.3. The lowest BCUT2D eigenvalue weighted by Crippen LogP contribution is -2.15. The molecule has 32 heavy (non-hydrogen) atoms. The maximum atomic E-state index is 13.0. The molecule has 0 saturated heterocycles. The van der Waals surface area contributed by atoms with Crippen molar-refractivity contribution in [3.63, 3.8) is 0 Å². The van der Waals surface area contributed by atoms with E-state index in [1.807, 2.05) is 36.4 Å². The third-order valence-corrected chi connectivity index (χ3v) is 6.41. The van der Waals surface area contributed by atoms with E-state index < -0.39 is 0 Å². The Kier molecular flexibility index (Phi) is 7.32. The second kappa shape index (κ2) is 10.5. The molecule has 0 spiro atoms. The number of nitrogens with zero attached hydrogens (tertiary/aromatic N) is 5. The van der Waals surface area contributed by atoms with Crippen LogP contribution < -0.4 is 10.1 Å². The molecule has 0 aliphatic heterocycles. The number of benzene rings is 1. The van der Waals surface area contributed by atoms with Gasteiger partial charge in [0.25, 0.3) is 5.91 Å². The third kappa shape index (κ3) is 5.82. The van der Waals surface area contributed by atoms with Gasteiger partial charge in [-0.1, -0.05) is 11.8 Å². The van der Waals surface area contributed by atoms with Gasteiger partial charge in [-0.2, -0.15) is 4.37 Å². The normalized spacial score (nSPS) is 10.8. The Morgan fingerprint density at radius 3 is 2.72 bits per heavy atom. The van der Waals surface area contributed by atoms with Crippen molar-refractivity contribution < 1.29 is 14.6 Å². The van der Waals surface area contributed by atoms with Crippen molar-refractivity contribution in [2.45, 2.75) is 26.9 Å². The van der Waals surface area contributed by atoms with Crippen LogP contribution >= 0.6 is 35.1 Å². The van der Waals surface area contributed by atoms with Crippen molar-refractivity contribution in [3.8, 4) is 5.75 Å². The molecule has 4 aromatic rings. The number of H-pyrrole nitrogens is 1. The first-order valence-electron chi connectivity index (χ1n) is 9.29. The van der Waals surface area contributed by atoms with Gasteiger partial charge in [-0.05, 0) is 55.1 Å². The summed E-state index contributed by atoms with van der Waals surface area (Å²) < 4.78 is 9.48. The lowest BCUT2D eigenvalue weighted by Gasteiger charge is -2.10. The number of pyridine rings is 1. The van der Waals surface area contributed by atoms with Crippen LogP contribution in [-0.2, 0) is 0 Å². The van der Waals surface area contributed by atoms with Crippen LogP contribution in [0.3, 0.4) is 0 Å². The summed E-state index contributed by atoms with van der Waals surface area (Å²) in [5.41, 5.74) is 0.257. The summed E-state index contributed by atoms with van der Waals surface area (Å²) in [5.74, 6) is 0.863. The zero-order valence-electron chi connectivity index (χ0n) is 16.7. The molecular weight excluding hydrogens is 470 g/mol. The SMILES string of the molecule is Cc1nsc(NC(=O)c2nc(Sc3nnc[nH]3)ccc2Sc2ccc(OCCO)cc2)n1. The molecule has 164 valence electrons. The van der Waals surface area contributed by atoms with Crippen molar-refractivity contribution in [3.05, 3.63) is 54.2 Å². The average molecular weight is 488 g/mol. The fraction of sp³-hybridized carbons (Fsp3) is 0.158. The van der Waals surface area contributed by atoms with Gasteiger partial charge in [0.15, 0.2) is 5.16 Å². The number of aromatic amines is 1. The molecule has 0 fully saturated rings. The molecule has 1 amide bonds. The second-order valence-electron chi connectivity index (χ2n) is 6.14. The zero-order valence-corrected chi connectivity index (χ0v) is 19.1. The predicted molar refractivity (Wildman–Crippen MR) is 120 cm³/mol. The Hall–Kier alpha value is -3.00. The Morgan fingerprint density at radius 2 is 2.03 bits per heavy atom. The molecule has 3 aromatic heterocycles. The molecule has 0 bridgehead atoms. The van der Waals surface area contributed by atoms with Crippen LogP contribution in [-0.4, -0.2) is 53.8 Å². The Bertz CT molecular complexity index is 1180. The standard InChI is InChI=1S/C19H17N7O3S3/c1-11-22-19(32-26-11)24-17(28)16-14(6-7-15(23-16)31-18-20-10-21-25-18)30-13-4-2-12(3-5-13)29-9-8-27/h2-7,10,27H,8-9H2,1H3,(H,20,21,25)(H,22,24,26,28). The summed E-state index contributed by atoms with van der Waals surface area (Å²) in [7, 11) is 0. The van der Waals surface area contributed by atoms with E-state index in [1.54, 1.807) is 6.92 Å². The molecule has 0 unspecified atom stereocenters. The highest BCUT2D eigenvalue weighted by Crippen LogP contribution is 2.33. The number of aliphatic hydroxyl groups is 1. The van der Waals surface area contributed by atoms with E-state index in [0.717, 1.165) is 16.4 Å². The number of carbonyl (C=O) groups excluding carboxylic acids is 1. The molecule has 13 heteroatoms. The fourth-order valence-corrected chi connectivity index (χ4v) is 4.61. The van der Waals surface area contributed by atoms with E-state index in [9.17, 15) is 4.79 Å². The van der Waals surface area contributed by atoms with Gasteiger partial charge < -0.3 is 14.8 Å². The monoisotopic (exact) mass is 487 g/mol. The van der Waals surface area contributed by atoms with Crippen LogP contribution in [0.2, 0.25) is 0 Å². The first-order valence-corrected chi connectivity index (χ1v) is 11.7. The maximum absolute atomic E-state index is 13.0. The first-order chi connectivity index (χ1) is 15.6. The van der Waals surface area contributed by atoms with Gasteiger partial charge in [-0.25, -0.2) is 9.97 Å². The third-order valence-electron chi connectivity index (χ3n) is 3.80. The summed E-state index contributed by atoms with van der Waals surface area (Å²) in [6, 6.07) is 11.0. The highest BCUT2D eigenvalue weighted by atomic mass is 32.2. The number of amides is 1. The van der Waals surface area contributed by atoms with Gasteiger partial charge >= 0.3 is 0 Å². The minimum atomic E-state index is -0.383. The number of aliphatic hydroxyl groups excluding tert-OH is 1. The van der Waals surface area contributed by atoms with Crippen molar-refractivity contribution in [2.24, 2.45) is 0 Å². The van der Waals surface area contributed by atoms with Crippen LogP contribution in [0.1, 0.15) is 16.3 Å². The number of hydrogen-bond acceptors (Lipinski definition) is 11. The van der Waals surface area contributed by atoms with Crippen LogP contribution in [0.5, 0.6) is 5.75 Å². The first kappa shape index (κ1) is 22.2. The number of anilines is 1. The summed E-state index contributed by atoms with van der Waals surface area (Å²) in [6.45, 7) is 1.94. The van der Waals surface area contributed by atoms with E-state index >= 15 is 0 Å². The molecule has 0 aliphatic carbocycles. The molecule has 3 heterocycles. The Labute approximate surface area is 195 Å². The summed E-state index contributed by atoms with van der Waals surface area (Å²) in [5, 5.41) is 20.9. The van der Waals surface area contributed by atoms with Gasteiger partial charge in [-0.3, -0.25) is 10.1 Å². The smallest absolute Gasteiger partial charge is 0.277 e. The fourth-order valence-electron chi connectivity index (χ4n) is 2.47. The topological polar surface area (TPSA) is 139 Å². The molecule has 0 radical (unpaired) electrons. The molecule has 0 saturated carbocycles. The Balaban J connectivity index is 1.58. The van der Waals surface area contributed by atoms with Crippen molar-refractivity contribution in [1.29, 1.82) is 0 Å². The molecule has 10 nitrogen and oxygen atoms in total. The van der Waals surface area contributed by atoms with Gasteiger partial charge in [0.2, 0.25) is 5.13 Å². The van der Waals surface area contributed by atoms with Gasteiger partial charge in [0, 0.05) is 21.3 Å². The van der Waals surface area contributed by atoms with E-state index in [-0.39, 0.29) is 24.8 Å². The average Bonchev–Trinajstić information content (AvgIpc) is 3.46. The highest BCUT2D eigenvalue weighted by molar-refractivity contribution is 7.99. The number of carbonyl (C=O) groups is 1. The van der Waals surface area contributed by atoms with Crippen molar-refractivity contribution in [1.82, 2.24) is 29.5 Å². The van der Waals surface area contributed by atoms with Crippen LogP contribution in [0.15, 0.2) is 62.7 Å². The second-order valence-corrected chi connectivity index (χ2v) is 9.02. The van der Waals surface area contributed by atoms with E-state index in [4.69, 9.17) is 9.84 Å². The van der Waals surface area contributed by atoms with Crippen molar-refractivity contribution in [2.75, 3.05) is 18.5 Å². The Morgan fingerprint density at radius 1 is 1.19 bits per heavy atom. The summed E-state index contributed by atoms with van der Waals surface area (Å²) >= 11 is 3.78. The van der Waals surface area contributed by atoms with Gasteiger partial charge in [0.05, 0.1) is 6.61 Å².